The largest absolute Gasteiger partial charge is 0.316 e. The van der Waals surface area contributed by atoms with Gasteiger partial charge in [0.1, 0.15) is 0 Å². The predicted octanol–water partition coefficient (Wildman–Crippen LogP) is -0.380. The van der Waals surface area contributed by atoms with Crippen LogP contribution in [0.4, 0.5) is 0 Å². The first kappa shape index (κ1) is 12.9. The Kier molecular flexibility index (Phi) is 7.22. The Morgan fingerprint density at radius 1 is 0.923 bits per heavy atom. The first-order valence-electron chi connectivity index (χ1n) is 4.74. The second-order valence-electron chi connectivity index (χ2n) is 2.86. The molecule has 0 heterocycles. The van der Waals surface area contributed by atoms with Gasteiger partial charge in [0.05, 0.1) is 11.5 Å². The zero-order valence-electron chi connectivity index (χ0n) is 8.47. The lowest BCUT2D eigenvalue weighted by Crippen LogP contribution is -2.28. The molecule has 80 valence electrons. The van der Waals surface area contributed by atoms with Crippen LogP contribution in [0.1, 0.15) is 13.8 Å². The zero-order chi connectivity index (χ0) is 10.2. The maximum Gasteiger partial charge on any atom is 0.152 e. The smallest absolute Gasteiger partial charge is 0.152 e. The van der Waals surface area contributed by atoms with Gasteiger partial charge in [0.25, 0.3) is 0 Å². The van der Waals surface area contributed by atoms with Crippen LogP contribution < -0.4 is 10.6 Å². The molecule has 0 aliphatic carbocycles. The number of nitrogens with one attached hydrogen (secondary N) is 2. The fourth-order valence-corrected chi connectivity index (χ4v) is 2.03. The van der Waals surface area contributed by atoms with E-state index in [2.05, 4.69) is 10.6 Å². The van der Waals surface area contributed by atoms with Gasteiger partial charge in [-0.3, -0.25) is 0 Å². The molecule has 5 heteroatoms. The second-order valence-corrected chi connectivity index (χ2v) is 5.16. The molecule has 2 N–H and O–H groups in total. The van der Waals surface area contributed by atoms with E-state index in [0.29, 0.717) is 13.1 Å². The summed E-state index contributed by atoms with van der Waals surface area (Å²) in [6.07, 6.45) is 0. The molecule has 13 heavy (non-hydrogen) atoms. The van der Waals surface area contributed by atoms with Crippen LogP contribution in [0, 0.1) is 0 Å². The molecule has 0 fully saturated rings. The van der Waals surface area contributed by atoms with Crippen molar-refractivity contribution < 1.29 is 8.42 Å². The fourth-order valence-electron chi connectivity index (χ4n) is 0.911. The number of rotatable bonds is 8. The number of hydrogen-bond donors (Lipinski definition) is 2. The summed E-state index contributed by atoms with van der Waals surface area (Å²) in [4.78, 5) is 0. The highest BCUT2D eigenvalue weighted by molar-refractivity contribution is 7.91. The zero-order valence-corrected chi connectivity index (χ0v) is 9.28. The van der Waals surface area contributed by atoms with E-state index in [1.807, 2.05) is 13.8 Å². The minimum Gasteiger partial charge on any atom is -0.316 e. The lowest BCUT2D eigenvalue weighted by Gasteiger charge is -2.04. The van der Waals surface area contributed by atoms with E-state index < -0.39 is 9.84 Å². The summed E-state index contributed by atoms with van der Waals surface area (Å²) >= 11 is 0. The van der Waals surface area contributed by atoms with E-state index in [9.17, 15) is 8.42 Å². The molecule has 0 unspecified atom stereocenters. The molecule has 0 aromatic rings. The van der Waals surface area contributed by atoms with E-state index >= 15 is 0 Å². The SMILES string of the molecule is CCNCCS(=O)(=O)CCNCC. The fraction of sp³-hybridized carbons (Fsp3) is 1.00. The molecule has 0 aromatic heterocycles. The number of hydrogen-bond acceptors (Lipinski definition) is 4. The highest BCUT2D eigenvalue weighted by Gasteiger charge is 2.08. The van der Waals surface area contributed by atoms with Crippen molar-refractivity contribution in [2.24, 2.45) is 0 Å². The van der Waals surface area contributed by atoms with Crippen molar-refractivity contribution in [1.82, 2.24) is 10.6 Å². The van der Waals surface area contributed by atoms with Gasteiger partial charge in [0.2, 0.25) is 0 Å². The molecule has 0 amide bonds. The van der Waals surface area contributed by atoms with Crippen LogP contribution in [0.15, 0.2) is 0 Å². The average molecular weight is 208 g/mol. The maximum absolute atomic E-state index is 11.3. The molecule has 0 spiro atoms. The van der Waals surface area contributed by atoms with E-state index in [4.69, 9.17) is 0 Å². The molecule has 0 aliphatic rings. The molecule has 4 nitrogen and oxygen atoms in total. The molecule has 0 saturated heterocycles. The Bertz CT molecular complexity index is 186. The van der Waals surface area contributed by atoms with Crippen LogP contribution in [0.5, 0.6) is 0 Å². The number of sulfone groups is 1. The van der Waals surface area contributed by atoms with Crippen LogP contribution in [0.2, 0.25) is 0 Å². The molecule has 0 saturated carbocycles. The van der Waals surface area contributed by atoms with Gasteiger partial charge in [0.15, 0.2) is 9.84 Å². The molecule has 0 atom stereocenters. The Labute approximate surface area is 81.0 Å². The van der Waals surface area contributed by atoms with E-state index in [0.717, 1.165) is 13.1 Å². The Balaban J connectivity index is 3.55. The molecular formula is C8H20N2O2S. The molecule has 0 radical (unpaired) electrons. The third kappa shape index (κ3) is 8.21. The van der Waals surface area contributed by atoms with Crippen molar-refractivity contribution in [2.45, 2.75) is 13.8 Å². The second kappa shape index (κ2) is 7.29. The average Bonchev–Trinajstić information content (AvgIpc) is 2.05. The normalized spacial score (nSPS) is 11.8. The van der Waals surface area contributed by atoms with E-state index in [-0.39, 0.29) is 11.5 Å². The maximum atomic E-state index is 11.3. The van der Waals surface area contributed by atoms with Gasteiger partial charge in [-0.2, -0.15) is 0 Å². The van der Waals surface area contributed by atoms with Crippen molar-refractivity contribution >= 4 is 9.84 Å². The topological polar surface area (TPSA) is 58.2 Å². The van der Waals surface area contributed by atoms with Gasteiger partial charge >= 0.3 is 0 Å². The first-order valence-corrected chi connectivity index (χ1v) is 6.56. The van der Waals surface area contributed by atoms with Crippen molar-refractivity contribution in [3.63, 3.8) is 0 Å². The van der Waals surface area contributed by atoms with Crippen molar-refractivity contribution in [3.05, 3.63) is 0 Å². The third-order valence-electron chi connectivity index (χ3n) is 1.68. The van der Waals surface area contributed by atoms with Crippen molar-refractivity contribution in [3.8, 4) is 0 Å². The molecule has 0 rings (SSSR count). The van der Waals surface area contributed by atoms with E-state index in [1.165, 1.54) is 0 Å². The van der Waals surface area contributed by atoms with Crippen LogP contribution in [0.25, 0.3) is 0 Å². The minimum absolute atomic E-state index is 0.242. The van der Waals surface area contributed by atoms with Crippen LogP contribution in [-0.4, -0.2) is 46.1 Å². The molecule has 0 aromatic carbocycles. The monoisotopic (exact) mass is 208 g/mol. The minimum atomic E-state index is -2.85. The van der Waals surface area contributed by atoms with Gasteiger partial charge in [-0.25, -0.2) is 8.42 Å². The third-order valence-corrected chi connectivity index (χ3v) is 3.33. The summed E-state index contributed by atoms with van der Waals surface area (Å²) in [6, 6.07) is 0. The van der Waals surface area contributed by atoms with Gasteiger partial charge < -0.3 is 10.6 Å². The van der Waals surface area contributed by atoms with Gasteiger partial charge in [-0.1, -0.05) is 13.8 Å². The quantitative estimate of drug-likeness (QED) is 0.534. The molecule has 0 bridgehead atoms. The summed E-state index contributed by atoms with van der Waals surface area (Å²) in [6.45, 7) is 6.69. The van der Waals surface area contributed by atoms with E-state index in [1.54, 1.807) is 0 Å². The Morgan fingerprint density at radius 2 is 1.31 bits per heavy atom. The van der Waals surface area contributed by atoms with Gasteiger partial charge in [-0.15, -0.1) is 0 Å². The summed E-state index contributed by atoms with van der Waals surface area (Å²) in [5, 5.41) is 5.99. The first-order chi connectivity index (χ1) is 6.12. The lowest BCUT2D eigenvalue weighted by molar-refractivity contribution is 0.588. The standard InChI is InChI=1S/C8H20N2O2S/c1-3-9-5-7-13(11,12)8-6-10-4-2/h9-10H,3-8H2,1-2H3. The van der Waals surface area contributed by atoms with Crippen molar-refractivity contribution in [1.29, 1.82) is 0 Å². The predicted molar refractivity (Wildman–Crippen MR) is 55.7 cm³/mol. The summed E-state index contributed by atoms with van der Waals surface area (Å²) < 4.78 is 22.6. The summed E-state index contributed by atoms with van der Waals surface area (Å²) in [7, 11) is -2.85. The lowest BCUT2D eigenvalue weighted by atomic mass is 10.7. The highest BCUT2D eigenvalue weighted by atomic mass is 32.2. The van der Waals surface area contributed by atoms with Gasteiger partial charge in [0, 0.05) is 13.1 Å². The highest BCUT2D eigenvalue weighted by Crippen LogP contribution is 1.87. The Hall–Kier alpha value is -0.130. The van der Waals surface area contributed by atoms with Crippen LogP contribution in [-0.2, 0) is 9.84 Å². The molecular weight excluding hydrogens is 188 g/mol. The molecule has 0 aliphatic heterocycles. The summed E-state index contributed by atoms with van der Waals surface area (Å²) in [5.41, 5.74) is 0. The van der Waals surface area contributed by atoms with Crippen LogP contribution in [0.3, 0.4) is 0 Å². The van der Waals surface area contributed by atoms with Crippen molar-refractivity contribution in [2.75, 3.05) is 37.7 Å². The van der Waals surface area contributed by atoms with Crippen LogP contribution >= 0.6 is 0 Å². The Morgan fingerprint density at radius 3 is 1.62 bits per heavy atom. The van der Waals surface area contributed by atoms with Gasteiger partial charge in [-0.05, 0) is 13.1 Å². The summed E-state index contributed by atoms with van der Waals surface area (Å²) in [5.74, 6) is 0.485.